The number of guanidine groups is 1. The topological polar surface area (TPSA) is 58.5 Å². The van der Waals surface area contributed by atoms with Crippen molar-refractivity contribution in [3.8, 4) is 0 Å². The highest BCUT2D eigenvalue weighted by Crippen LogP contribution is 2.05. The van der Waals surface area contributed by atoms with Crippen molar-refractivity contribution in [2.24, 2.45) is 4.99 Å². The predicted octanol–water partition coefficient (Wildman–Crippen LogP) is 2.44. The quantitative estimate of drug-likeness (QED) is 0.338. The van der Waals surface area contributed by atoms with Gasteiger partial charge in [0.2, 0.25) is 0 Å². The van der Waals surface area contributed by atoms with Gasteiger partial charge in [0.25, 0.3) is 0 Å². The first kappa shape index (κ1) is 19.4. The fraction of sp³-hybridized carbons (Fsp3) is 0.538. The molecule has 0 saturated heterocycles. The Labute approximate surface area is 142 Å². The molecule has 0 spiro atoms. The van der Waals surface area contributed by atoms with Gasteiger partial charge in [0.15, 0.2) is 5.96 Å². The van der Waals surface area contributed by atoms with E-state index in [4.69, 9.17) is 16.3 Å². The third-order valence-electron chi connectivity index (χ3n) is 2.71. The van der Waals surface area contributed by atoms with Crippen LogP contribution in [0.15, 0.2) is 23.3 Å². The molecule has 0 unspecified atom stereocenters. The van der Waals surface area contributed by atoms with Gasteiger partial charge in [0.05, 0.1) is 5.60 Å². The first-order valence-corrected chi connectivity index (χ1v) is 6.45. The van der Waals surface area contributed by atoms with Crippen LogP contribution in [0.2, 0.25) is 5.15 Å². The summed E-state index contributed by atoms with van der Waals surface area (Å²) in [5, 5.41) is 6.91. The van der Waals surface area contributed by atoms with Crippen molar-refractivity contribution < 1.29 is 4.74 Å². The zero-order valence-corrected chi connectivity index (χ0v) is 15.3. The number of nitrogens with one attached hydrogen (secondary N) is 2. The first-order valence-electron chi connectivity index (χ1n) is 6.07. The standard InChI is InChI=1S/C13H21ClN4O.HI/c1-13(2,19-4)9-18-12(15-3)17-8-10-5-6-11(14)16-7-10;/h5-7H,8-9H2,1-4H3,(H2,15,17,18);1H. The average Bonchev–Trinajstić information content (AvgIpc) is 2.41. The summed E-state index contributed by atoms with van der Waals surface area (Å²) in [6.07, 6.45) is 1.74. The molecule has 0 fully saturated rings. The summed E-state index contributed by atoms with van der Waals surface area (Å²) in [5.74, 6) is 0.722. The van der Waals surface area contributed by atoms with Crippen LogP contribution in [-0.4, -0.2) is 37.2 Å². The van der Waals surface area contributed by atoms with Gasteiger partial charge in [-0.3, -0.25) is 4.99 Å². The van der Waals surface area contributed by atoms with E-state index in [0.717, 1.165) is 11.5 Å². The molecule has 1 aromatic heterocycles. The molecule has 0 aliphatic heterocycles. The number of methoxy groups -OCH3 is 1. The maximum atomic E-state index is 5.74. The Morgan fingerprint density at radius 3 is 2.60 bits per heavy atom. The number of halogens is 2. The lowest BCUT2D eigenvalue weighted by atomic mass is 10.1. The Kier molecular flexibility index (Phi) is 9.08. The van der Waals surface area contributed by atoms with Crippen LogP contribution < -0.4 is 10.6 Å². The molecular formula is C13H22ClIN4O. The third kappa shape index (κ3) is 7.25. The van der Waals surface area contributed by atoms with Gasteiger partial charge in [-0.15, -0.1) is 24.0 Å². The van der Waals surface area contributed by atoms with Gasteiger partial charge in [-0.05, 0) is 25.5 Å². The highest BCUT2D eigenvalue weighted by Gasteiger charge is 2.16. The van der Waals surface area contributed by atoms with Crippen molar-refractivity contribution in [1.29, 1.82) is 0 Å². The van der Waals surface area contributed by atoms with E-state index in [1.54, 1.807) is 26.4 Å². The Hall–Kier alpha value is -0.600. The van der Waals surface area contributed by atoms with E-state index in [9.17, 15) is 0 Å². The van der Waals surface area contributed by atoms with Gasteiger partial charge in [-0.1, -0.05) is 17.7 Å². The highest BCUT2D eigenvalue weighted by molar-refractivity contribution is 14.0. The maximum absolute atomic E-state index is 5.74. The second kappa shape index (κ2) is 9.36. The Balaban J connectivity index is 0.00000361. The molecule has 1 heterocycles. The van der Waals surface area contributed by atoms with Crippen LogP contribution in [-0.2, 0) is 11.3 Å². The number of aromatic nitrogens is 1. The van der Waals surface area contributed by atoms with E-state index < -0.39 is 0 Å². The second-order valence-electron chi connectivity index (χ2n) is 4.73. The highest BCUT2D eigenvalue weighted by atomic mass is 127. The lowest BCUT2D eigenvalue weighted by molar-refractivity contribution is 0.0268. The van der Waals surface area contributed by atoms with Gasteiger partial charge >= 0.3 is 0 Å². The number of hydrogen-bond donors (Lipinski definition) is 2. The molecule has 1 aromatic rings. The number of hydrogen-bond acceptors (Lipinski definition) is 3. The summed E-state index contributed by atoms with van der Waals surface area (Å²) in [7, 11) is 3.42. The summed E-state index contributed by atoms with van der Waals surface area (Å²) in [6.45, 7) is 5.33. The molecule has 114 valence electrons. The molecule has 2 N–H and O–H groups in total. The number of aliphatic imine (C=N–C) groups is 1. The number of nitrogens with zero attached hydrogens (tertiary/aromatic N) is 2. The van der Waals surface area contributed by atoms with E-state index in [1.807, 2.05) is 19.9 Å². The largest absolute Gasteiger partial charge is 0.377 e. The van der Waals surface area contributed by atoms with Crippen LogP contribution in [0.1, 0.15) is 19.4 Å². The Bertz CT molecular complexity index is 423. The average molecular weight is 413 g/mol. The zero-order chi connectivity index (χ0) is 14.3. The van der Waals surface area contributed by atoms with E-state index in [1.165, 1.54) is 0 Å². The van der Waals surface area contributed by atoms with Crippen molar-refractivity contribution in [2.75, 3.05) is 20.7 Å². The normalized spacial score (nSPS) is 11.8. The first-order chi connectivity index (χ1) is 8.96. The number of ether oxygens (including phenoxy) is 1. The fourth-order valence-electron chi connectivity index (χ4n) is 1.29. The minimum atomic E-state index is -0.237. The van der Waals surface area contributed by atoms with E-state index in [-0.39, 0.29) is 29.6 Å². The Morgan fingerprint density at radius 2 is 2.10 bits per heavy atom. The molecule has 0 bridgehead atoms. The smallest absolute Gasteiger partial charge is 0.191 e. The molecule has 1 rings (SSSR count). The zero-order valence-electron chi connectivity index (χ0n) is 12.2. The van der Waals surface area contributed by atoms with E-state index >= 15 is 0 Å². The minimum absolute atomic E-state index is 0. The van der Waals surface area contributed by atoms with Gasteiger partial charge in [-0.2, -0.15) is 0 Å². The number of rotatable bonds is 5. The van der Waals surface area contributed by atoms with Gasteiger partial charge in [0.1, 0.15) is 5.15 Å². The molecule has 0 aliphatic rings. The predicted molar refractivity (Wildman–Crippen MR) is 94.0 cm³/mol. The van der Waals surface area contributed by atoms with Crippen molar-refractivity contribution in [1.82, 2.24) is 15.6 Å². The van der Waals surface area contributed by atoms with E-state index in [0.29, 0.717) is 18.2 Å². The fourth-order valence-corrected chi connectivity index (χ4v) is 1.40. The molecule has 0 atom stereocenters. The van der Waals surface area contributed by atoms with Crippen molar-refractivity contribution >= 4 is 41.5 Å². The van der Waals surface area contributed by atoms with Crippen LogP contribution in [0, 0.1) is 0 Å². The third-order valence-corrected chi connectivity index (χ3v) is 2.93. The lowest BCUT2D eigenvalue weighted by Gasteiger charge is -2.24. The molecule has 20 heavy (non-hydrogen) atoms. The summed E-state index contributed by atoms with van der Waals surface area (Å²) in [5.41, 5.74) is 0.803. The van der Waals surface area contributed by atoms with E-state index in [2.05, 4.69) is 20.6 Å². The lowest BCUT2D eigenvalue weighted by Crippen LogP contribution is -2.45. The second-order valence-corrected chi connectivity index (χ2v) is 5.12. The SMILES string of the molecule is CN=C(NCc1ccc(Cl)nc1)NCC(C)(C)OC.I. The van der Waals surface area contributed by atoms with Gasteiger partial charge in [0, 0.05) is 33.4 Å². The molecule has 7 heteroatoms. The van der Waals surface area contributed by atoms with Crippen molar-refractivity contribution in [3.63, 3.8) is 0 Å². The molecular weight excluding hydrogens is 391 g/mol. The van der Waals surface area contributed by atoms with Crippen LogP contribution in [0.5, 0.6) is 0 Å². The van der Waals surface area contributed by atoms with Crippen LogP contribution >= 0.6 is 35.6 Å². The maximum Gasteiger partial charge on any atom is 0.191 e. The Morgan fingerprint density at radius 1 is 1.40 bits per heavy atom. The summed E-state index contributed by atoms with van der Waals surface area (Å²) < 4.78 is 5.34. The molecule has 0 aromatic carbocycles. The summed E-state index contributed by atoms with van der Waals surface area (Å²) in [6, 6.07) is 3.69. The summed E-state index contributed by atoms with van der Waals surface area (Å²) >= 11 is 5.74. The molecule has 5 nitrogen and oxygen atoms in total. The monoisotopic (exact) mass is 412 g/mol. The molecule has 0 amide bonds. The van der Waals surface area contributed by atoms with Crippen LogP contribution in [0.25, 0.3) is 0 Å². The molecule has 0 aliphatic carbocycles. The van der Waals surface area contributed by atoms with Crippen molar-refractivity contribution in [3.05, 3.63) is 29.0 Å². The molecule has 0 radical (unpaired) electrons. The van der Waals surface area contributed by atoms with Gasteiger partial charge < -0.3 is 15.4 Å². The van der Waals surface area contributed by atoms with Crippen LogP contribution in [0.4, 0.5) is 0 Å². The number of pyridine rings is 1. The van der Waals surface area contributed by atoms with Crippen molar-refractivity contribution in [2.45, 2.75) is 26.0 Å². The van der Waals surface area contributed by atoms with Gasteiger partial charge in [-0.25, -0.2) is 4.98 Å². The summed E-state index contributed by atoms with van der Waals surface area (Å²) in [4.78, 5) is 8.18. The molecule has 0 saturated carbocycles. The van der Waals surface area contributed by atoms with Crippen LogP contribution in [0.3, 0.4) is 0 Å². The minimum Gasteiger partial charge on any atom is -0.377 e.